The molecule has 3 N–H and O–H groups in total. The highest BCUT2D eigenvalue weighted by atomic mass is 32.2. The molecule has 1 aromatic carbocycles. The van der Waals surface area contributed by atoms with Gasteiger partial charge in [-0.05, 0) is 50.1 Å². The summed E-state index contributed by atoms with van der Waals surface area (Å²) in [7, 11) is -0.264. The number of imidazole rings is 1. The average molecular weight is 706 g/mol. The lowest BCUT2D eigenvalue weighted by atomic mass is 10.0. The van der Waals surface area contributed by atoms with E-state index in [2.05, 4.69) is 39.4 Å². The quantitative estimate of drug-likeness (QED) is 0.164. The molecule has 1 amide bonds. The molecule has 264 valence electrons. The van der Waals surface area contributed by atoms with E-state index in [4.69, 9.17) is 4.74 Å². The van der Waals surface area contributed by atoms with E-state index in [9.17, 15) is 26.4 Å². The molecule has 2 aromatic heterocycles. The number of sulfone groups is 1. The highest BCUT2D eigenvalue weighted by Gasteiger charge is 2.33. The lowest BCUT2D eigenvalue weighted by Crippen LogP contribution is -2.46. The maximum atomic E-state index is 15.1. The summed E-state index contributed by atoms with van der Waals surface area (Å²) in [4.78, 5) is 20.2. The molecule has 2 fully saturated rings. The van der Waals surface area contributed by atoms with Crippen molar-refractivity contribution in [3.8, 4) is 17.6 Å². The second-order valence-corrected chi connectivity index (χ2v) is 14.3. The first-order valence-electron chi connectivity index (χ1n) is 15.6. The normalized spacial score (nSPS) is 20.1. The topological polar surface area (TPSA) is 120 Å². The first kappa shape index (κ1) is 35.8. The summed E-state index contributed by atoms with van der Waals surface area (Å²) in [5.41, 5.74) is 1.15. The number of fused-ring (bicyclic) bond motifs is 1. The van der Waals surface area contributed by atoms with Crippen molar-refractivity contribution in [2.24, 2.45) is 0 Å². The van der Waals surface area contributed by atoms with Crippen LogP contribution in [0, 0.1) is 11.8 Å². The van der Waals surface area contributed by atoms with Crippen molar-refractivity contribution in [2.75, 3.05) is 69.1 Å². The molecule has 3 aromatic rings. The first-order chi connectivity index (χ1) is 23.1. The molecule has 0 radical (unpaired) electrons. The number of hydrogen-bond acceptors (Lipinski definition) is 9. The van der Waals surface area contributed by atoms with Gasteiger partial charge in [-0.15, -0.1) is 0 Å². The molecule has 0 bridgehead atoms. The number of halogens is 4. The van der Waals surface area contributed by atoms with Crippen LogP contribution in [-0.4, -0.2) is 111 Å². The van der Waals surface area contributed by atoms with Gasteiger partial charge >= 0.3 is 6.18 Å². The summed E-state index contributed by atoms with van der Waals surface area (Å²) in [5, 5.41) is 9.55. The predicted octanol–water partition coefficient (Wildman–Crippen LogP) is 3.97. The number of aromatic nitrogens is 2. The van der Waals surface area contributed by atoms with Crippen LogP contribution in [0.5, 0.6) is 5.75 Å². The lowest BCUT2D eigenvalue weighted by Gasteiger charge is -2.33. The van der Waals surface area contributed by atoms with Crippen LogP contribution in [0.25, 0.3) is 5.65 Å². The van der Waals surface area contributed by atoms with Crippen molar-refractivity contribution in [2.45, 2.75) is 48.6 Å². The summed E-state index contributed by atoms with van der Waals surface area (Å²) in [5.74, 6) is 5.63. The van der Waals surface area contributed by atoms with E-state index in [0.29, 0.717) is 49.5 Å². The van der Waals surface area contributed by atoms with Crippen LogP contribution < -0.4 is 20.7 Å². The van der Waals surface area contributed by atoms with Gasteiger partial charge in [-0.1, -0.05) is 12.5 Å². The number of carbonyl (C=O) groups excluding carboxylic acids is 1. The Hall–Kier alpha value is -4.49. The molecule has 2 aliphatic heterocycles. The fourth-order valence-corrected chi connectivity index (χ4v) is 6.65. The number of methoxy groups -OCH3 is 1. The number of hydrogen-bond donors (Lipinski definition) is 3. The number of alkyl halides is 4. The predicted molar refractivity (Wildman–Crippen MR) is 180 cm³/mol. The molecule has 4 heterocycles. The number of ether oxygens (including phenoxy) is 1. The number of nitrogens with one attached hydrogen (secondary N) is 3. The van der Waals surface area contributed by atoms with Crippen molar-refractivity contribution in [3.05, 3.63) is 54.5 Å². The Kier molecular flexibility index (Phi) is 10.6. The monoisotopic (exact) mass is 705 g/mol. The summed E-state index contributed by atoms with van der Waals surface area (Å²) in [6.45, 7) is 5.25. The van der Waals surface area contributed by atoms with E-state index in [0.717, 1.165) is 6.26 Å². The molecule has 16 heteroatoms. The van der Waals surface area contributed by atoms with E-state index in [-0.39, 0.29) is 52.7 Å². The fraction of sp³-hybridized carbons (Fsp3) is 0.455. The van der Waals surface area contributed by atoms with Gasteiger partial charge < -0.3 is 30.5 Å². The Bertz CT molecular complexity index is 1890. The van der Waals surface area contributed by atoms with Gasteiger partial charge in [0.1, 0.15) is 17.6 Å². The summed E-state index contributed by atoms with van der Waals surface area (Å²) < 4.78 is 87.6. The lowest BCUT2D eigenvalue weighted by molar-refractivity contribution is -0.128. The number of carbonyl (C=O) groups is 1. The standard InChI is InChI=1S/C33H39F4N7O4S/c1-5-31(45)43-14-10-21(18-43)39-22-15-28(40-25-11-13-42(2)20-24(25)34)32-41-26(29(44(32)19-22)17-33(35,36)37)7-6-12-38-27-9-8-23(49(4,46)47)16-30(27)48-3/h5,8-9,15-16,19,21,24-25,38-40H,1,10-14,17-18,20H2,2-4H3/t21-,24+,25-/m1/s1. The third kappa shape index (κ3) is 8.76. The summed E-state index contributed by atoms with van der Waals surface area (Å²) >= 11 is 0. The highest BCUT2D eigenvalue weighted by molar-refractivity contribution is 7.90. The average Bonchev–Trinajstić information content (AvgIpc) is 3.63. The minimum absolute atomic E-state index is 0.0213. The minimum atomic E-state index is -4.59. The number of pyridine rings is 1. The Morgan fingerprint density at radius 3 is 2.61 bits per heavy atom. The first-order valence-corrected chi connectivity index (χ1v) is 17.5. The third-order valence-corrected chi connectivity index (χ3v) is 9.60. The second-order valence-electron chi connectivity index (χ2n) is 12.3. The molecule has 0 aliphatic carbocycles. The number of nitrogens with zero attached hydrogens (tertiary/aromatic N) is 4. The number of rotatable bonds is 10. The van der Waals surface area contributed by atoms with E-state index in [1.54, 1.807) is 11.0 Å². The van der Waals surface area contributed by atoms with Crippen LogP contribution in [0.4, 0.5) is 34.6 Å². The summed E-state index contributed by atoms with van der Waals surface area (Å²) in [6, 6.07) is 5.23. The molecule has 49 heavy (non-hydrogen) atoms. The molecule has 11 nitrogen and oxygen atoms in total. The van der Waals surface area contributed by atoms with Crippen LogP contribution in [0.2, 0.25) is 0 Å². The van der Waals surface area contributed by atoms with Gasteiger partial charge in [0.15, 0.2) is 15.5 Å². The van der Waals surface area contributed by atoms with Gasteiger partial charge in [-0.25, -0.2) is 17.8 Å². The second kappa shape index (κ2) is 14.6. The Morgan fingerprint density at radius 1 is 1.16 bits per heavy atom. The molecule has 0 unspecified atom stereocenters. The van der Waals surface area contributed by atoms with Crippen LogP contribution in [-0.2, 0) is 21.1 Å². The SMILES string of the molecule is C=CC(=O)N1CC[C@@H](Nc2cc(N[C@@H]3CCN(C)C[C@@H]3F)c3nc(C#CCNc4ccc(S(C)(=O)=O)cc4OC)c(CC(F)(F)F)n3c2)C1. The zero-order valence-electron chi connectivity index (χ0n) is 27.4. The van der Waals surface area contributed by atoms with Gasteiger partial charge in [0.05, 0.1) is 53.8 Å². The molecule has 5 rings (SSSR count). The van der Waals surface area contributed by atoms with Crippen LogP contribution >= 0.6 is 0 Å². The fourth-order valence-electron chi connectivity index (χ4n) is 6.01. The molecule has 2 saturated heterocycles. The van der Waals surface area contributed by atoms with E-state index >= 15 is 4.39 Å². The Labute approximate surface area is 282 Å². The number of benzene rings is 1. The zero-order valence-corrected chi connectivity index (χ0v) is 28.2. The van der Waals surface area contributed by atoms with E-state index in [1.165, 1.54) is 42.0 Å². The van der Waals surface area contributed by atoms with Crippen LogP contribution in [0.1, 0.15) is 24.2 Å². The molecule has 0 saturated carbocycles. The van der Waals surface area contributed by atoms with Crippen molar-refractivity contribution in [1.82, 2.24) is 19.2 Å². The van der Waals surface area contributed by atoms with Crippen molar-refractivity contribution >= 4 is 38.5 Å². The van der Waals surface area contributed by atoms with Gasteiger partial charge in [0.25, 0.3) is 0 Å². The molecule has 2 aliphatic rings. The number of amides is 1. The van der Waals surface area contributed by atoms with Crippen LogP contribution in [0.3, 0.4) is 0 Å². The number of anilines is 3. The molecule has 0 spiro atoms. The van der Waals surface area contributed by atoms with Crippen LogP contribution in [0.15, 0.2) is 48.0 Å². The van der Waals surface area contributed by atoms with Crippen molar-refractivity contribution in [1.29, 1.82) is 0 Å². The van der Waals surface area contributed by atoms with Gasteiger partial charge in [-0.2, -0.15) is 13.2 Å². The molecular formula is C33H39F4N7O4S. The van der Waals surface area contributed by atoms with Crippen molar-refractivity contribution < 1.29 is 35.5 Å². The maximum absolute atomic E-state index is 15.1. The van der Waals surface area contributed by atoms with Gasteiger partial charge in [0, 0.05) is 50.7 Å². The van der Waals surface area contributed by atoms with Gasteiger partial charge in [0.2, 0.25) is 5.91 Å². The third-order valence-electron chi connectivity index (χ3n) is 8.49. The van der Waals surface area contributed by atoms with Crippen molar-refractivity contribution in [3.63, 3.8) is 0 Å². The highest BCUT2D eigenvalue weighted by Crippen LogP contribution is 2.32. The minimum Gasteiger partial charge on any atom is -0.495 e. The largest absolute Gasteiger partial charge is 0.495 e. The zero-order chi connectivity index (χ0) is 35.5. The number of piperidine rings is 1. The van der Waals surface area contributed by atoms with E-state index < -0.39 is 34.6 Å². The molecular weight excluding hydrogens is 666 g/mol. The smallest absolute Gasteiger partial charge is 0.394 e. The molecule has 3 atom stereocenters. The Balaban J connectivity index is 1.49. The summed E-state index contributed by atoms with van der Waals surface area (Å²) in [6.07, 6.45) is -2.20. The maximum Gasteiger partial charge on any atom is 0.394 e. The number of likely N-dealkylation sites (tertiary alicyclic amines) is 2. The van der Waals surface area contributed by atoms with Gasteiger partial charge in [-0.3, -0.25) is 9.20 Å². The Morgan fingerprint density at radius 2 is 1.94 bits per heavy atom. The van der Waals surface area contributed by atoms with E-state index in [1.807, 2.05) is 11.9 Å².